The van der Waals surface area contributed by atoms with Gasteiger partial charge in [-0.3, -0.25) is 0 Å². The average Bonchev–Trinajstić information content (AvgIpc) is 2.27. The normalized spacial score (nSPS) is 13.2. The molecule has 0 aliphatic carbocycles. The fourth-order valence-corrected chi connectivity index (χ4v) is 1.15. The standard InChI is InChI=1S/C12H12O4/c1-2-11(14)10(12(15)16)7-8-3-5-9(13)6-4-8/h2-7,11,13-14H,1H2,(H,15,16). The van der Waals surface area contributed by atoms with Crippen LogP contribution in [0.4, 0.5) is 0 Å². The lowest BCUT2D eigenvalue weighted by Gasteiger charge is -2.06. The first kappa shape index (κ1) is 12.0. The quantitative estimate of drug-likeness (QED) is 0.529. The molecular weight excluding hydrogens is 208 g/mol. The number of aliphatic hydroxyl groups is 1. The molecule has 1 atom stereocenters. The molecular formula is C12H12O4. The van der Waals surface area contributed by atoms with Gasteiger partial charge in [-0.05, 0) is 23.8 Å². The van der Waals surface area contributed by atoms with E-state index in [1.165, 1.54) is 18.2 Å². The van der Waals surface area contributed by atoms with Crippen molar-refractivity contribution in [2.75, 3.05) is 0 Å². The lowest BCUT2D eigenvalue weighted by molar-refractivity contribution is -0.133. The average molecular weight is 220 g/mol. The molecule has 4 nitrogen and oxygen atoms in total. The Hall–Kier alpha value is -2.07. The van der Waals surface area contributed by atoms with Crippen LogP contribution in [0.5, 0.6) is 5.75 Å². The molecule has 0 aliphatic rings. The number of carboxylic acid groups (broad SMARTS) is 1. The van der Waals surface area contributed by atoms with Crippen molar-refractivity contribution in [2.45, 2.75) is 6.10 Å². The molecule has 0 saturated carbocycles. The van der Waals surface area contributed by atoms with Crippen molar-refractivity contribution in [1.29, 1.82) is 0 Å². The van der Waals surface area contributed by atoms with Gasteiger partial charge in [0.05, 0.1) is 5.57 Å². The van der Waals surface area contributed by atoms with Crippen LogP contribution in [0, 0.1) is 0 Å². The van der Waals surface area contributed by atoms with E-state index < -0.39 is 12.1 Å². The summed E-state index contributed by atoms with van der Waals surface area (Å²) in [6.07, 6.45) is 1.25. The third-order valence-corrected chi connectivity index (χ3v) is 2.00. The summed E-state index contributed by atoms with van der Waals surface area (Å²) in [5.41, 5.74) is 0.414. The number of benzene rings is 1. The number of hydrogen-bond acceptors (Lipinski definition) is 3. The summed E-state index contributed by atoms with van der Waals surface area (Å²) < 4.78 is 0. The number of carboxylic acids is 1. The molecule has 0 aliphatic heterocycles. The maximum atomic E-state index is 10.8. The van der Waals surface area contributed by atoms with Crippen LogP contribution in [-0.2, 0) is 4.79 Å². The zero-order valence-electron chi connectivity index (χ0n) is 8.50. The van der Waals surface area contributed by atoms with E-state index in [1.807, 2.05) is 0 Å². The molecule has 1 aromatic carbocycles. The summed E-state index contributed by atoms with van der Waals surface area (Å²) in [5.74, 6) is -1.11. The zero-order chi connectivity index (χ0) is 12.1. The van der Waals surface area contributed by atoms with Crippen LogP contribution in [0.25, 0.3) is 6.08 Å². The number of phenols is 1. The molecule has 1 rings (SSSR count). The second-order valence-corrected chi connectivity index (χ2v) is 3.18. The van der Waals surface area contributed by atoms with Crippen LogP contribution in [0.3, 0.4) is 0 Å². The molecule has 0 radical (unpaired) electrons. The van der Waals surface area contributed by atoms with Gasteiger partial charge in [0.2, 0.25) is 0 Å². The topological polar surface area (TPSA) is 77.8 Å². The molecule has 1 aromatic rings. The monoisotopic (exact) mass is 220 g/mol. The van der Waals surface area contributed by atoms with Gasteiger partial charge in [-0.1, -0.05) is 18.2 Å². The van der Waals surface area contributed by atoms with Crippen molar-refractivity contribution in [3.05, 3.63) is 48.1 Å². The fourth-order valence-electron chi connectivity index (χ4n) is 1.15. The van der Waals surface area contributed by atoms with Gasteiger partial charge >= 0.3 is 5.97 Å². The Kier molecular flexibility index (Phi) is 3.85. The lowest BCUT2D eigenvalue weighted by Crippen LogP contribution is -2.14. The second-order valence-electron chi connectivity index (χ2n) is 3.18. The number of aliphatic carboxylic acids is 1. The van der Waals surface area contributed by atoms with Crippen molar-refractivity contribution >= 4 is 12.0 Å². The van der Waals surface area contributed by atoms with Gasteiger partial charge in [0.25, 0.3) is 0 Å². The Morgan fingerprint density at radius 1 is 1.31 bits per heavy atom. The lowest BCUT2D eigenvalue weighted by atomic mass is 10.1. The number of hydrogen-bond donors (Lipinski definition) is 3. The first-order valence-electron chi connectivity index (χ1n) is 4.59. The molecule has 3 N–H and O–H groups in total. The largest absolute Gasteiger partial charge is 0.508 e. The Bertz CT molecular complexity index is 417. The van der Waals surface area contributed by atoms with E-state index in [1.54, 1.807) is 12.1 Å². The molecule has 84 valence electrons. The van der Waals surface area contributed by atoms with Gasteiger partial charge in [-0.15, -0.1) is 6.58 Å². The molecule has 1 unspecified atom stereocenters. The molecule has 4 heteroatoms. The molecule has 0 amide bonds. The molecule has 0 spiro atoms. The van der Waals surface area contributed by atoms with E-state index >= 15 is 0 Å². The molecule has 0 saturated heterocycles. The third-order valence-electron chi connectivity index (χ3n) is 2.00. The summed E-state index contributed by atoms with van der Waals surface area (Å²) in [6.45, 7) is 3.33. The van der Waals surface area contributed by atoms with Crippen molar-refractivity contribution in [1.82, 2.24) is 0 Å². The SMILES string of the molecule is C=CC(O)C(=Cc1ccc(O)cc1)C(=O)O. The van der Waals surface area contributed by atoms with Crippen LogP contribution in [0.15, 0.2) is 42.5 Å². The summed E-state index contributed by atoms with van der Waals surface area (Å²) in [6, 6.07) is 5.97. The minimum atomic E-state index is -1.22. The first-order valence-corrected chi connectivity index (χ1v) is 4.59. The van der Waals surface area contributed by atoms with Crippen LogP contribution in [0.2, 0.25) is 0 Å². The van der Waals surface area contributed by atoms with Crippen LogP contribution >= 0.6 is 0 Å². The smallest absolute Gasteiger partial charge is 0.334 e. The van der Waals surface area contributed by atoms with Gasteiger partial charge < -0.3 is 15.3 Å². The van der Waals surface area contributed by atoms with E-state index in [2.05, 4.69) is 6.58 Å². The van der Waals surface area contributed by atoms with Crippen LogP contribution in [-0.4, -0.2) is 27.4 Å². The predicted octanol–water partition coefficient (Wildman–Crippen LogP) is 1.41. The summed E-state index contributed by atoms with van der Waals surface area (Å²) >= 11 is 0. The Morgan fingerprint density at radius 3 is 2.31 bits per heavy atom. The number of aromatic hydroxyl groups is 1. The van der Waals surface area contributed by atoms with E-state index in [0.29, 0.717) is 5.56 Å². The van der Waals surface area contributed by atoms with E-state index in [0.717, 1.165) is 6.08 Å². The minimum absolute atomic E-state index is 0.0956. The highest BCUT2D eigenvalue weighted by Crippen LogP contribution is 2.15. The number of phenolic OH excluding ortho intramolecular Hbond substituents is 1. The molecule has 16 heavy (non-hydrogen) atoms. The third kappa shape index (κ3) is 2.96. The maximum Gasteiger partial charge on any atom is 0.334 e. The number of carbonyl (C=O) groups is 1. The second kappa shape index (κ2) is 5.14. The Labute approximate surface area is 92.8 Å². The highest BCUT2D eigenvalue weighted by Gasteiger charge is 2.14. The van der Waals surface area contributed by atoms with Crippen molar-refractivity contribution in [3.8, 4) is 5.75 Å². The summed E-state index contributed by atoms with van der Waals surface area (Å²) in [5, 5.41) is 27.3. The van der Waals surface area contributed by atoms with Crippen molar-refractivity contribution in [3.63, 3.8) is 0 Å². The zero-order valence-corrected chi connectivity index (χ0v) is 8.50. The van der Waals surface area contributed by atoms with Gasteiger partial charge in [0.15, 0.2) is 0 Å². The van der Waals surface area contributed by atoms with Gasteiger partial charge in [0.1, 0.15) is 11.9 Å². The molecule has 0 heterocycles. The Balaban J connectivity index is 3.07. The maximum absolute atomic E-state index is 10.8. The van der Waals surface area contributed by atoms with E-state index in [9.17, 15) is 9.90 Å². The first-order chi connectivity index (χ1) is 7.54. The van der Waals surface area contributed by atoms with Crippen LogP contribution in [0.1, 0.15) is 5.56 Å². The predicted molar refractivity (Wildman–Crippen MR) is 59.9 cm³/mol. The molecule has 0 bridgehead atoms. The minimum Gasteiger partial charge on any atom is -0.508 e. The van der Waals surface area contributed by atoms with E-state index in [-0.39, 0.29) is 11.3 Å². The molecule has 0 aromatic heterocycles. The highest BCUT2D eigenvalue weighted by atomic mass is 16.4. The Morgan fingerprint density at radius 2 is 1.88 bits per heavy atom. The highest BCUT2D eigenvalue weighted by molar-refractivity contribution is 5.93. The number of aliphatic hydroxyl groups excluding tert-OH is 1. The van der Waals surface area contributed by atoms with E-state index in [4.69, 9.17) is 10.2 Å². The van der Waals surface area contributed by atoms with Gasteiger partial charge in [-0.25, -0.2) is 4.79 Å². The number of rotatable bonds is 4. The van der Waals surface area contributed by atoms with Gasteiger partial charge in [0, 0.05) is 0 Å². The van der Waals surface area contributed by atoms with Crippen molar-refractivity contribution < 1.29 is 20.1 Å². The fraction of sp³-hybridized carbons (Fsp3) is 0.0833. The van der Waals surface area contributed by atoms with Gasteiger partial charge in [-0.2, -0.15) is 0 Å². The summed E-state index contributed by atoms with van der Waals surface area (Å²) in [4.78, 5) is 10.8. The molecule has 0 fully saturated rings. The van der Waals surface area contributed by atoms with Crippen molar-refractivity contribution in [2.24, 2.45) is 0 Å². The summed E-state index contributed by atoms with van der Waals surface area (Å²) in [7, 11) is 0. The van der Waals surface area contributed by atoms with Crippen LogP contribution < -0.4 is 0 Å².